The van der Waals surface area contributed by atoms with Crippen LogP contribution in [0.3, 0.4) is 0 Å². The monoisotopic (exact) mass is 301 g/mol. The number of nitrogens with zero attached hydrogens (tertiary/aromatic N) is 4. The van der Waals surface area contributed by atoms with Crippen molar-refractivity contribution < 1.29 is 0 Å². The molecule has 22 heavy (non-hydrogen) atoms. The van der Waals surface area contributed by atoms with Gasteiger partial charge in [-0.2, -0.15) is 0 Å². The van der Waals surface area contributed by atoms with Crippen molar-refractivity contribution in [2.45, 2.75) is 38.1 Å². The van der Waals surface area contributed by atoms with Crippen molar-refractivity contribution in [3.05, 3.63) is 30.1 Å². The molecule has 2 N–H and O–H groups in total. The number of pyridine rings is 1. The Morgan fingerprint density at radius 1 is 1.14 bits per heavy atom. The average molecular weight is 301 g/mol. The number of likely N-dealkylation sites (tertiary alicyclic amines) is 2. The fourth-order valence-corrected chi connectivity index (χ4v) is 3.46. The van der Waals surface area contributed by atoms with E-state index in [9.17, 15) is 0 Å². The Labute approximate surface area is 133 Å². The van der Waals surface area contributed by atoms with Gasteiger partial charge in [-0.3, -0.25) is 14.9 Å². The Kier molecular flexibility index (Phi) is 5.27. The van der Waals surface area contributed by atoms with Crippen LogP contribution in [0.5, 0.6) is 0 Å². The van der Waals surface area contributed by atoms with Crippen LogP contribution in [0.4, 0.5) is 0 Å². The molecule has 2 saturated heterocycles. The van der Waals surface area contributed by atoms with Gasteiger partial charge in [0.1, 0.15) is 0 Å². The van der Waals surface area contributed by atoms with Crippen LogP contribution >= 0.6 is 0 Å². The number of guanidine groups is 1. The maximum atomic E-state index is 6.22. The van der Waals surface area contributed by atoms with Crippen molar-refractivity contribution in [1.82, 2.24) is 14.8 Å². The highest BCUT2D eigenvalue weighted by atomic mass is 15.3. The lowest BCUT2D eigenvalue weighted by Gasteiger charge is -2.29. The predicted octanol–water partition coefficient (Wildman–Crippen LogP) is 2.02. The van der Waals surface area contributed by atoms with Gasteiger partial charge in [-0.1, -0.05) is 6.07 Å². The van der Waals surface area contributed by atoms with E-state index in [1.165, 1.54) is 37.7 Å². The van der Waals surface area contributed by atoms with Gasteiger partial charge in [0.2, 0.25) is 0 Å². The summed E-state index contributed by atoms with van der Waals surface area (Å²) in [6, 6.07) is 4.47. The second kappa shape index (κ2) is 7.58. The molecule has 0 aliphatic carbocycles. The molecule has 1 aromatic rings. The first-order valence-electron chi connectivity index (χ1n) is 8.53. The summed E-state index contributed by atoms with van der Waals surface area (Å²) in [6.07, 6.45) is 10.1. The zero-order valence-corrected chi connectivity index (χ0v) is 13.3. The van der Waals surface area contributed by atoms with Crippen LogP contribution in [0.2, 0.25) is 0 Å². The number of aliphatic imine (C=N–C) groups is 1. The zero-order chi connectivity index (χ0) is 15.2. The Morgan fingerprint density at radius 3 is 2.55 bits per heavy atom. The summed E-state index contributed by atoms with van der Waals surface area (Å²) in [5.74, 6) is 0.716. The molecule has 120 valence electrons. The molecule has 0 aromatic carbocycles. The number of hydrogen-bond acceptors (Lipinski definition) is 3. The highest BCUT2D eigenvalue weighted by Gasteiger charge is 2.23. The van der Waals surface area contributed by atoms with Gasteiger partial charge in [0.15, 0.2) is 5.96 Å². The molecule has 0 radical (unpaired) electrons. The second-order valence-electron chi connectivity index (χ2n) is 6.29. The molecule has 5 nitrogen and oxygen atoms in total. The van der Waals surface area contributed by atoms with Crippen molar-refractivity contribution in [3.63, 3.8) is 0 Å². The van der Waals surface area contributed by atoms with Crippen molar-refractivity contribution >= 4 is 5.96 Å². The van der Waals surface area contributed by atoms with Gasteiger partial charge >= 0.3 is 0 Å². The summed E-state index contributed by atoms with van der Waals surface area (Å²) in [5.41, 5.74) is 7.46. The van der Waals surface area contributed by atoms with Gasteiger partial charge in [0, 0.05) is 25.5 Å². The maximum absolute atomic E-state index is 6.22. The molecule has 0 bridgehead atoms. The fraction of sp³-hybridized carbons (Fsp3) is 0.647. The minimum absolute atomic E-state index is 0.305. The quantitative estimate of drug-likeness (QED) is 0.683. The molecule has 0 amide bonds. The van der Waals surface area contributed by atoms with E-state index < -0.39 is 0 Å². The third-order valence-electron chi connectivity index (χ3n) is 4.76. The Hall–Kier alpha value is -1.62. The average Bonchev–Trinajstić information content (AvgIpc) is 3.11. The van der Waals surface area contributed by atoms with Crippen LogP contribution in [-0.4, -0.2) is 53.5 Å². The predicted molar refractivity (Wildman–Crippen MR) is 89.7 cm³/mol. The van der Waals surface area contributed by atoms with E-state index in [4.69, 9.17) is 10.7 Å². The lowest BCUT2D eigenvalue weighted by atomic mass is 10.1. The first-order valence-corrected chi connectivity index (χ1v) is 8.53. The molecule has 1 unspecified atom stereocenters. The van der Waals surface area contributed by atoms with E-state index in [-0.39, 0.29) is 0 Å². The Bertz CT molecular complexity index is 475. The molecular formula is C17H27N5. The van der Waals surface area contributed by atoms with Crippen molar-refractivity contribution in [2.24, 2.45) is 10.7 Å². The van der Waals surface area contributed by atoms with E-state index in [0.29, 0.717) is 12.0 Å². The Morgan fingerprint density at radius 2 is 1.86 bits per heavy atom. The fourth-order valence-electron chi connectivity index (χ4n) is 3.46. The number of aromatic nitrogens is 1. The lowest BCUT2D eigenvalue weighted by Crippen LogP contribution is -2.41. The Balaban J connectivity index is 1.69. The second-order valence-corrected chi connectivity index (χ2v) is 6.29. The zero-order valence-electron chi connectivity index (χ0n) is 13.3. The van der Waals surface area contributed by atoms with Crippen LogP contribution in [0.1, 0.15) is 43.7 Å². The van der Waals surface area contributed by atoms with Crippen LogP contribution in [0.25, 0.3) is 0 Å². The van der Waals surface area contributed by atoms with Gasteiger partial charge in [-0.15, -0.1) is 0 Å². The summed E-state index contributed by atoms with van der Waals surface area (Å²) in [7, 11) is 0. The van der Waals surface area contributed by atoms with E-state index in [1.54, 1.807) is 0 Å². The van der Waals surface area contributed by atoms with E-state index in [2.05, 4.69) is 20.9 Å². The topological polar surface area (TPSA) is 57.8 Å². The van der Waals surface area contributed by atoms with Gasteiger partial charge in [0.25, 0.3) is 0 Å². The highest BCUT2D eigenvalue weighted by Crippen LogP contribution is 2.25. The minimum atomic E-state index is 0.305. The van der Waals surface area contributed by atoms with E-state index in [1.807, 2.05) is 18.5 Å². The van der Waals surface area contributed by atoms with Crippen molar-refractivity contribution in [2.75, 3.05) is 32.7 Å². The van der Waals surface area contributed by atoms with Gasteiger partial charge in [0.05, 0.1) is 12.6 Å². The first kappa shape index (κ1) is 15.3. The summed E-state index contributed by atoms with van der Waals surface area (Å²) in [6.45, 7) is 5.14. The molecule has 0 saturated carbocycles. The molecular weight excluding hydrogens is 274 g/mol. The van der Waals surface area contributed by atoms with Crippen LogP contribution in [0.15, 0.2) is 29.5 Å². The summed E-state index contributed by atoms with van der Waals surface area (Å²) in [4.78, 5) is 13.7. The highest BCUT2D eigenvalue weighted by molar-refractivity contribution is 5.78. The summed E-state index contributed by atoms with van der Waals surface area (Å²) < 4.78 is 0. The molecule has 1 atom stereocenters. The maximum Gasteiger partial charge on any atom is 0.191 e. The number of rotatable bonds is 4. The van der Waals surface area contributed by atoms with Gasteiger partial charge < -0.3 is 10.6 Å². The van der Waals surface area contributed by atoms with Gasteiger partial charge in [-0.05, 0) is 56.8 Å². The molecule has 3 rings (SSSR count). The molecule has 1 aromatic heterocycles. The van der Waals surface area contributed by atoms with E-state index >= 15 is 0 Å². The van der Waals surface area contributed by atoms with Crippen LogP contribution in [0, 0.1) is 0 Å². The minimum Gasteiger partial charge on any atom is -0.370 e. The molecule has 3 heterocycles. The summed E-state index contributed by atoms with van der Waals surface area (Å²) in [5, 5.41) is 0. The normalized spacial score (nSPS) is 22.0. The lowest BCUT2D eigenvalue weighted by molar-refractivity contribution is 0.250. The molecule has 2 aliphatic heterocycles. The molecule has 2 aliphatic rings. The largest absolute Gasteiger partial charge is 0.370 e. The summed E-state index contributed by atoms with van der Waals surface area (Å²) >= 11 is 0. The molecule has 5 heteroatoms. The SMILES string of the molecule is NC(=NCC(c1cccnc1)N1CCCC1)N1CCCCC1. The molecule has 0 spiro atoms. The van der Waals surface area contributed by atoms with Crippen molar-refractivity contribution in [3.8, 4) is 0 Å². The van der Waals surface area contributed by atoms with Crippen molar-refractivity contribution in [1.29, 1.82) is 0 Å². The van der Waals surface area contributed by atoms with Gasteiger partial charge in [-0.25, -0.2) is 0 Å². The standard InChI is InChI=1S/C17H27N5/c18-17(22-11-2-1-3-12-22)20-14-16(21-9-4-5-10-21)15-7-6-8-19-13-15/h6-8,13,16H,1-5,9-12,14H2,(H2,18,20). The smallest absolute Gasteiger partial charge is 0.191 e. The van der Waals surface area contributed by atoms with E-state index in [0.717, 1.165) is 32.7 Å². The number of nitrogens with two attached hydrogens (primary N) is 1. The first-order chi connectivity index (χ1) is 10.8. The van der Waals surface area contributed by atoms with Crippen LogP contribution in [-0.2, 0) is 0 Å². The van der Waals surface area contributed by atoms with Crippen LogP contribution < -0.4 is 5.73 Å². The number of hydrogen-bond donors (Lipinski definition) is 1. The third-order valence-corrected chi connectivity index (χ3v) is 4.76. The number of piperidine rings is 1. The molecule has 2 fully saturated rings. The third kappa shape index (κ3) is 3.77.